The van der Waals surface area contributed by atoms with E-state index in [2.05, 4.69) is 52.0 Å². The summed E-state index contributed by atoms with van der Waals surface area (Å²) in [5.74, 6) is 0.537. The van der Waals surface area contributed by atoms with Crippen LogP contribution in [0.2, 0.25) is 0 Å². The van der Waals surface area contributed by atoms with Gasteiger partial charge in [0.15, 0.2) is 0 Å². The number of nitrogens with zero attached hydrogens (tertiary/aromatic N) is 1. The molecule has 32 heavy (non-hydrogen) atoms. The molecule has 4 N–H and O–H groups in total. The molecule has 0 saturated heterocycles. The second-order valence-corrected chi connectivity index (χ2v) is 8.38. The number of fused-ring (bicyclic) bond motifs is 1. The number of hydrogen-bond donors (Lipinski definition) is 3. The molecule has 1 aromatic heterocycles. The molecule has 0 spiro atoms. The van der Waals surface area contributed by atoms with Crippen molar-refractivity contribution in [1.82, 2.24) is 15.6 Å². The first kappa shape index (κ1) is 23.8. The van der Waals surface area contributed by atoms with Crippen molar-refractivity contribution in [2.45, 2.75) is 44.7 Å². The third-order valence-electron chi connectivity index (χ3n) is 6.14. The van der Waals surface area contributed by atoms with Gasteiger partial charge in [-0.25, -0.2) is 4.98 Å². The lowest BCUT2D eigenvalue weighted by Gasteiger charge is -2.29. The van der Waals surface area contributed by atoms with Gasteiger partial charge in [0.1, 0.15) is 11.4 Å². The number of anilines is 1. The van der Waals surface area contributed by atoms with Crippen LogP contribution in [0, 0.1) is 6.92 Å². The van der Waals surface area contributed by atoms with Gasteiger partial charge in [-0.2, -0.15) is 0 Å². The molecule has 2 aromatic carbocycles. The predicted molar refractivity (Wildman–Crippen MR) is 132 cm³/mol. The minimum absolute atomic E-state index is 0. The number of amides is 1. The van der Waals surface area contributed by atoms with E-state index >= 15 is 0 Å². The summed E-state index contributed by atoms with van der Waals surface area (Å²) < 4.78 is 0. The quantitative estimate of drug-likeness (QED) is 0.456. The van der Waals surface area contributed by atoms with Gasteiger partial charge in [-0.05, 0) is 54.6 Å². The number of pyridine rings is 1. The number of nitrogens with two attached hydrogens (primary N) is 1. The van der Waals surface area contributed by atoms with Gasteiger partial charge in [-0.1, -0.05) is 60.7 Å². The molecular weight excluding hydrogens is 420 g/mol. The molecule has 0 fully saturated rings. The minimum Gasteiger partial charge on any atom is -0.384 e. The molecule has 0 saturated carbocycles. The summed E-state index contributed by atoms with van der Waals surface area (Å²) >= 11 is 0. The van der Waals surface area contributed by atoms with Gasteiger partial charge in [0.2, 0.25) is 5.91 Å². The molecule has 6 heteroatoms. The van der Waals surface area contributed by atoms with E-state index in [0.29, 0.717) is 25.2 Å². The highest BCUT2D eigenvalue weighted by molar-refractivity contribution is 5.88. The average molecular weight is 451 g/mol. The first-order chi connectivity index (χ1) is 15.1. The molecular formula is C26H31ClN4O. The summed E-state index contributed by atoms with van der Waals surface area (Å²) in [6.45, 7) is 3.15. The first-order valence-corrected chi connectivity index (χ1v) is 10.9. The lowest BCUT2D eigenvalue weighted by Crippen LogP contribution is -2.58. The molecule has 0 aliphatic heterocycles. The molecule has 1 aliphatic carbocycles. The van der Waals surface area contributed by atoms with Crippen LogP contribution in [-0.4, -0.2) is 23.0 Å². The number of carbonyl (C=O) groups is 1. The summed E-state index contributed by atoms with van der Waals surface area (Å²) in [6.07, 6.45) is 3.39. The maximum absolute atomic E-state index is 13.4. The topological polar surface area (TPSA) is 80.0 Å². The Morgan fingerprint density at radius 1 is 1.00 bits per heavy atom. The Balaban J connectivity index is 0.00000289. The molecule has 5 nitrogen and oxygen atoms in total. The number of rotatable bonds is 8. The SMILES string of the molecule is Cc1nc(N)ccc1CNC(=O)C1(NCCCc2ccccc2)Cc2ccccc2C1.Cl. The van der Waals surface area contributed by atoms with Gasteiger partial charge in [-0.15, -0.1) is 12.4 Å². The zero-order valence-corrected chi connectivity index (χ0v) is 19.3. The standard InChI is InChI=1S/C26H30N4O.ClH/c1-19-23(13-14-24(27)30-19)18-28-25(31)26(16-21-11-5-6-12-22(21)17-26)29-15-7-10-20-8-3-2-4-9-20;/h2-6,8-9,11-14,29H,7,10,15-18H2,1H3,(H2,27,30)(H,28,31);1H. The number of benzene rings is 2. The van der Waals surface area contributed by atoms with Crippen LogP contribution in [0.4, 0.5) is 5.82 Å². The van der Waals surface area contributed by atoms with E-state index in [1.165, 1.54) is 16.7 Å². The molecule has 1 amide bonds. The van der Waals surface area contributed by atoms with Crippen molar-refractivity contribution in [1.29, 1.82) is 0 Å². The Morgan fingerprint density at radius 2 is 1.66 bits per heavy atom. The maximum atomic E-state index is 13.4. The lowest BCUT2D eigenvalue weighted by molar-refractivity contribution is -0.127. The fraction of sp³-hybridized carbons (Fsp3) is 0.308. The van der Waals surface area contributed by atoms with Crippen LogP contribution in [-0.2, 0) is 30.6 Å². The van der Waals surface area contributed by atoms with E-state index in [0.717, 1.165) is 30.6 Å². The highest BCUT2D eigenvalue weighted by atomic mass is 35.5. The Hall–Kier alpha value is -2.89. The third-order valence-corrected chi connectivity index (χ3v) is 6.14. The van der Waals surface area contributed by atoms with Gasteiger partial charge in [0.05, 0.1) is 0 Å². The Labute approximate surface area is 196 Å². The lowest BCUT2D eigenvalue weighted by atomic mass is 9.93. The van der Waals surface area contributed by atoms with Crippen LogP contribution >= 0.6 is 12.4 Å². The van der Waals surface area contributed by atoms with Crippen molar-refractivity contribution in [2.24, 2.45) is 0 Å². The van der Waals surface area contributed by atoms with Crippen molar-refractivity contribution < 1.29 is 4.79 Å². The Morgan fingerprint density at radius 3 is 2.31 bits per heavy atom. The number of nitrogens with one attached hydrogen (secondary N) is 2. The molecule has 0 radical (unpaired) electrons. The van der Waals surface area contributed by atoms with Crippen molar-refractivity contribution in [3.05, 3.63) is 94.7 Å². The fourth-order valence-electron chi connectivity index (χ4n) is 4.39. The van der Waals surface area contributed by atoms with E-state index < -0.39 is 5.54 Å². The molecule has 168 valence electrons. The molecule has 0 bridgehead atoms. The van der Waals surface area contributed by atoms with E-state index in [-0.39, 0.29) is 18.3 Å². The maximum Gasteiger partial charge on any atom is 0.241 e. The molecule has 1 aliphatic rings. The van der Waals surface area contributed by atoms with Crippen molar-refractivity contribution in [3.63, 3.8) is 0 Å². The predicted octanol–water partition coefficient (Wildman–Crippen LogP) is 3.77. The molecule has 4 rings (SSSR count). The summed E-state index contributed by atoms with van der Waals surface area (Å²) in [5, 5.41) is 6.78. The second kappa shape index (κ2) is 10.6. The van der Waals surface area contributed by atoms with Crippen LogP contribution in [0.3, 0.4) is 0 Å². The first-order valence-electron chi connectivity index (χ1n) is 10.9. The van der Waals surface area contributed by atoms with E-state index in [1.807, 2.05) is 31.2 Å². The average Bonchev–Trinajstić information content (AvgIpc) is 3.16. The van der Waals surface area contributed by atoms with Crippen molar-refractivity contribution in [2.75, 3.05) is 12.3 Å². The van der Waals surface area contributed by atoms with Gasteiger partial charge in [-0.3, -0.25) is 4.79 Å². The van der Waals surface area contributed by atoms with Crippen LogP contribution in [0.5, 0.6) is 0 Å². The number of aromatic nitrogens is 1. The van der Waals surface area contributed by atoms with Gasteiger partial charge in [0, 0.05) is 25.1 Å². The van der Waals surface area contributed by atoms with Crippen molar-refractivity contribution >= 4 is 24.1 Å². The summed E-state index contributed by atoms with van der Waals surface area (Å²) in [6, 6.07) is 22.5. The number of hydrogen-bond acceptors (Lipinski definition) is 4. The normalized spacial score (nSPS) is 13.8. The summed E-state index contributed by atoms with van der Waals surface area (Å²) in [5.41, 5.74) is 10.8. The van der Waals surface area contributed by atoms with Crippen LogP contribution < -0.4 is 16.4 Å². The number of halogens is 1. The van der Waals surface area contributed by atoms with Gasteiger partial charge >= 0.3 is 0 Å². The Bertz CT molecular complexity index is 1030. The van der Waals surface area contributed by atoms with Gasteiger partial charge in [0.25, 0.3) is 0 Å². The zero-order valence-electron chi connectivity index (χ0n) is 18.4. The van der Waals surface area contributed by atoms with E-state index in [1.54, 1.807) is 6.07 Å². The fourth-order valence-corrected chi connectivity index (χ4v) is 4.39. The molecule has 0 unspecified atom stereocenters. The molecule has 3 aromatic rings. The zero-order chi connectivity index (χ0) is 21.7. The van der Waals surface area contributed by atoms with Crippen LogP contribution in [0.25, 0.3) is 0 Å². The van der Waals surface area contributed by atoms with Crippen LogP contribution in [0.15, 0.2) is 66.7 Å². The Kier molecular flexibility index (Phi) is 7.89. The van der Waals surface area contributed by atoms with Crippen molar-refractivity contribution in [3.8, 4) is 0 Å². The summed E-state index contributed by atoms with van der Waals surface area (Å²) in [4.78, 5) is 17.7. The van der Waals surface area contributed by atoms with E-state index in [4.69, 9.17) is 5.73 Å². The third kappa shape index (κ3) is 5.47. The second-order valence-electron chi connectivity index (χ2n) is 8.38. The smallest absolute Gasteiger partial charge is 0.241 e. The highest BCUT2D eigenvalue weighted by Crippen LogP contribution is 2.30. The van der Waals surface area contributed by atoms with Crippen LogP contribution in [0.1, 0.15) is 34.4 Å². The summed E-state index contributed by atoms with van der Waals surface area (Å²) in [7, 11) is 0. The number of carbonyl (C=O) groups excluding carboxylic acids is 1. The molecule has 1 heterocycles. The van der Waals surface area contributed by atoms with E-state index in [9.17, 15) is 4.79 Å². The molecule has 0 atom stereocenters. The number of nitrogen functional groups attached to an aromatic ring is 1. The number of aryl methyl sites for hydroxylation is 2. The largest absolute Gasteiger partial charge is 0.384 e. The monoisotopic (exact) mass is 450 g/mol. The minimum atomic E-state index is -0.616. The van der Waals surface area contributed by atoms with Gasteiger partial charge < -0.3 is 16.4 Å². The highest BCUT2D eigenvalue weighted by Gasteiger charge is 2.43.